The molecule has 2 aromatic rings. The van der Waals surface area contributed by atoms with Gasteiger partial charge in [0, 0.05) is 29.7 Å². The Morgan fingerprint density at radius 3 is 2.81 bits per heavy atom. The van der Waals surface area contributed by atoms with Crippen molar-refractivity contribution < 1.29 is 5.11 Å². The van der Waals surface area contributed by atoms with E-state index in [2.05, 4.69) is 29.8 Å². The van der Waals surface area contributed by atoms with Gasteiger partial charge in [-0.1, -0.05) is 18.2 Å². The number of hydrogen-bond acceptors (Lipinski definition) is 2. The molecular weight excluding hydrogens is 200 g/mol. The van der Waals surface area contributed by atoms with E-state index in [0.29, 0.717) is 0 Å². The third-order valence-electron chi connectivity index (χ3n) is 2.93. The van der Waals surface area contributed by atoms with Crippen molar-refractivity contribution in [2.45, 2.75) is 25.9 Å². The average Bonchev–Trinajstić information content (AvgIpc) is 2.68. The van der Waals surface area contributed by atoms with Gasteiger partial charge < -0.3 is 15.4 Å². The molecule has 0 aliphatic heterocycles. The summed E-state index contributed by atoms with van der Waals surface area (Å²) in [6.07, 6.45) is 2.87. The van der Waals surface area contributed by atoms with Gasteiger partial charge in [-0.25, -0.2) is 0 Å². The second kappa shape index (κ2) is 4.68. The predicted octanol–water partition coefficient (Wildman–Crippen LogP) is 1.52. The van der Waals surface area contributed by atoms with Crippen LogP contribution in [-0.4, -0.2) is 22.3 Å². The molecule has 1 aromatic heterocycles. The van der Waals surface area contributed by atoms with Gasteiger partial charge in [-0.15, -0.1) is 0 Å². The van der Waals surface area contributed by atoms with Crippen LogP contribution in [0.3, 0.4) is 0 Å². The Balaban J connectivity index is 2.45. The Morgan fingerprint density at radius 2 is 2.12 bits per heavy atom. The number of aliphatic hydroxyl groups excluding tert-OH is 1. The molecule has 3 nitrogen and oxygen atoms in total. The van der Waals surface area contributed by atoms with E-state index in [4.69, 9.17) is 10.8 Å². The second-order valence-corrected chi connectivity index (χ2v) is 4.10. The summed E-state index contributed by atoms with van der Waals surface area (Å²) in [5.74, 6) is 0. The van der Waals surface area contributed by atoms with Gasteiger partial charge in [-0.3, -0.25) is 0 Å². The Bertz CT molecular complexity index is 476. The minimum Gasteiger partial charge on any atom is -0.395 e. The molecule has 16 heavy (non-hydrogen) atoms. The summed E-state index contributed by atoms with van der Waals surface area (Å²) in [6.45, 7) is 3.11. The summed E-state index contributed by atoms with van der Waals surface area (Å²) in [7, 11) is 0. The first-order valence-electron chi connectivity index (χ1n) is 5.69. The lowest BCUT2D eigenvalue weighted by atomic mass is 10.1. The van der Waals surface area contributed by atoms with E-state index >= 15 is 0 Å². The molecule has 0 spiro atoms. The molecule has 0 aliphatic rings. The molecule has 86 valence electrons. The number of fused-ring (bicyclic) bond motifs is 1. The van der Waals surface area contributed by atoms with Crippen LogP contribution in [0.25, 0.3) is 10.9 Å². The van der Waals surface area contributed by atoms with Gasteiger partial charge in [-0.2, -0.15) is 0 Å². The molecule has 3 N–H and O–H groups in total. The van der Waals surface area contributed by atoms with Crippen LogP contribution in [-0.2, 0) is 13.0 Å². The van der Waals surface area contributed by atoms with E-state index in [9.17, 15) is 0 Å². The lowest BCUT2D eigenvalue weighted by molar-refractivity contribution is 0.265. The number of nitrogens with zero attached hydrogens (tertiary/aromatic N) is 1. The fourth-order valence-electron chi connectivity index (χ4n) is 2.09. The van der Waals surface area contributed by atoms with Crippen molar-refractivity contribution in [1.82, 2.24) is 4.57 Å². The fourth-order valence-corrected chi connectivity index (χ4v) is 2.09. The van der Waals surface area contributed by atoms with Gasteiger partial charge in [0.1, 0.15) is 0 Å². The molecule has 2 rings (SSSR count). The summed E-state index contributed by atoms with van der Waals surface area (Å²) in [6, 6.07) is 8.14. The number of hydrogen-bond donors (Lipinski definition) is 2. The van der Waals surface area contributed by atoms with Crippen molar-refractivity contribution in [3.8, 4) is 0 Å². The van der Waals surface area contributed by atoms with E-state index in [1.807, 2.05) is 12.1 Å². The maximum Gasteiger partial charge on any atom is 0.0585 e. The highest BCUT2D eigenvalue weighted by atomic mass is 16.3. The summed E-state index contributed by atoms with van der Waals surface area (Å²) < 4.78 is 2.22. The van der Waals surface area contributed by atoms with Gasteiger partial charge in [0.2, 0.25) is 0 Å². The van der Waals surface area contributed by atoms with Crippen molar-refractivity contribution in [3.05, 3.63) is 36.0 Å². The molecule has 1 heterocycles. The van der Waals surface area contributed by atoms with Crippen LogP contribution in [0.5, 0.6) is 0 Å². The number of para-hydroxylation sites is 1. The van der Waals surface area contributed by atoms with E-state index in [0.717, 1.165) is 13.0 Å². The normalized spacial score (nSPS) is 13.2. The number of rotatable bonds is 4. The van der Waals surface area contributed by atoms with Crippen LogP contribution in [0, 0.1) is 0 Å². The van der Waals surface area contributed by atoms with E-state index in [1.54, 1.807) is 0 Å². The van der Waals surface area contributed by atoms with Crippen molar-refractivity contribution in [1.29, 1.82) is 0 Å². The lowest BCUT2D eigenvalue weighted by Gasteiger charge is -2.06. The zero-order valence-electron chi connectivity index (χ0n) is 9.56. The van der Waals surface area contributed by atoms with E-state index in [1.165, 1.54) is 16.5 Å². The van der Waals surface area contributed by atoms with Crippen molar-refractivity contribution in [3.63, 3.8) is 0 Å². The zero-order chi connectivity index (χ0) is 11.5. The van der Waals surface area contributed by atoms with Gasteiger partial charge in [0.15, 0.2) is 0 Å². The lowest BCUT2D eigenvalue weighted by Crippen LogP contribution is -2.26. The van der Waals surface area contributed by atoms with Gasteiger partial charge >= 0.3 is 0 Å². The summed E-state index contributed by atoms with van der Waals surface area (Å²) in [5.41, 5.74) is 8.25. The minimum absolute atomic E-state index is 0.0334. The molecule has 0 aliphatic carbocycles. The van der Waals surface area contributed by atoms with Gasteiger partial charge in [0.05, 0.1) is 6.61 Å². The number of benzene rings is 1. The average molecular weight is 218 g/mol. The van der Waals surface area contributed by atoms with Crippen LogP contribution in [0.1, 0.15) is 12.5 Å². The quantitative estimate of drug-likeness (QED) is 0.817. The molecule has 0 amide bonds. The fraction of sp³-hybridized carbons (Fsp3) is 0.385. The number of aryl methyl sites for hydroxylation is 1. The highest BCUT2D eigenvalue weighted by molar-refractivity contribution is 5.84. The largest absolute Gasteiger partial charge is 0.395 e. The van der Waals surface area contributed by atoms with Crippen molar-refractivity contribution in [2.75, 3.05) is 6.61 Å². The molecule has 0 saturated heterocycles. The Kier molecular flexibility index (Phi) is 3.27. The van der Waals surface area contributed by atoms with Crippen LogP contribution in [0.15, 0.2) is 30.5 Å². The number of aromatic nitrogens is 1. The van der Waals surface area contributed by atoms with Gasteiger partial charge in [-0.05, 0) is 25.0 Å². The smallest absolute Gasteiger partial charge is 0.0585 e. The maximum absolute atomic E-state index is 9.00. The number of nitrogens with two attached hydrogens (primary N) is 1. The van der Waals surface area contributed by atoms with Crippen LogP contribution >= 0.6 is 0 Å². The Morgan fingerprint density at radius 1 is 1.38 bits per heavy atom. The third kappa shape index (κ3) is 1.96. The monoisotopic (exact) mass is 218 g/mol. The SMILES string of the molecule is CCn1cc(C[C@@H](N)CO)c2ccccc21. The number of aliphatic hydroxyl groups is 1. The maximum atomic E-state index is 9.00. The highest BCUT2D eigenvalue weighted by Gasteiger charge is 2.10. The topological polar surface area (TPSA) is 51.2 Å². The first kappa shape index (κ1) is 11.2. The zero-order valence-corrected chi connectivity index (χ0v) is 9.56. The molecule has 0 bridgehead atoms. The molecule has 0 unspecified atom stereocenters. The van der Waals surface area contributed by atoms with Gasteiger partial charge in [0.25, 0.3) is 0 Å². The predicted molar refractivity (Wildman–Crippen MR) is 66.4 cm³/mol. The highest BCUT2D eigenvalue weighted by Crippen LogP contribution is 2.22. The van der Waals surface area contributed by atoms with E-state index < -0.39 is 0 Å². The van der Waals surface area contributed by atoms with Crippen molar-refractivity contribution in [2.24, 2.45) is 5.73 Å². The Labute approximate surface area is 95.5 Å². The van der Waals surface area contributed by atoms with Crippen LogP contribution in [0.2, 0.25) is 0 Å². The molecular formula is C13H18N2O. The molecule has 3 heteroatoms. The first-order valence-corrected chi connectivity index (χ1v) is 5.69. The summed E-state index contributed by atoms with van der Waals surface area (Å²) >= 11 is 0. The minimum atomic E-state index is -0.170. The molecule has 0 radical (unpaired) electrons. The summed E-state index contributed by atoms with van der Waals surface area (Å²) in [5, 5.41) is 10.2. The third-order valence-corrected chi connectivity index (χ3v) is 2.93. The Hall–Kier alpha value is -1.32. The molecule has 1 aromatic carbocycles. The van der Waals surface area contributed by atoms with Crippen molar-refractivity contribution >= 4 is 10.9 Å². The standard InChI is InChI=1S/C13H18N2O/c1-2-15-8-10(7-11(14)9-16)12-5-3-4-6-13(12)15/h3-6,8,11,16H,2,7,9,14H2,1H3/t11-/m1/s1. The second-order valence-electron chi connectivity index (χ2n) is 4.10. The molecule has 0 saturated carbocycles. The first-order chi connectivity index (χ1) is 7.76. The van der Waals surface area contributed by atoms with Crippen LogP contribution < -0.4 is 5.73 Å². The van der Waals surface area contributed by atoms with Crippen LogP contribution in [0.4, 0.5) is 0 Å². The van der Waals surface area contributed by atoms with E-state index in [-0.39, 0.29) is 12.6 Å². The molecule has 0 fully saturated rings. The summed E-state index contributed by atoms with van der Waals surface area (Å²) in [4.78, 5) is 0. The molecule has 1 atom stereocenters.